The van der Waals surface area contributed by atoms with Crippen molar-refractivity contribution in [3.63, 3.8) is 0 Å². The Bertz CT molecular complexity index is 433. The Hall–Kier alpha value is -1.23. The second-order valence-electron chi connectivity index (χ2n) is 5.62. The minimum Gasteiger partial charge on any atom is -0.353 e. The van der Waals surface area contributed by atoms with Crippen LogP contribution in [0.4, 0.5) is 10.2 Å². The lowest BCUT2D eigenvalue weighted by Crippen LogP contribution is -2.53. The molecule has 100 valence electrons. The zero-order valence-corrected chi connectivity index (χ0v) is 11.3. The highest BCUT2D eigenvalue weighted by atomic mass is 19.1. The number of anilines is 1. The Kier molecular flexibility index (Phi) is 3.52. The molecule has 0 aromatic carbocycles. The Morgan fingerprint density at radius 3 is 2.83 bits per heavy atom. The van der Waals surface area contributed by atoms with Crippen LogP contribution in [-0.4, -0.2) is 29.1 Å². The monoisotopic (exact) mass is 252 g/mol. The molecular weight excluding hydrogens is 231 g/mol. The molecule has 0 radical (unpaired) electrons. The van der Waals surface area contributed by atoms with Crippen LogP contribution in [-0.2, 0) is 6.42 Å². The summed E-state index contributed by atoms with van der Waals surface area (Å²) in [6.07, 6.45) is 2.88. The SMILES string of the molecule is CCc1ncnc(N2CCC(N)C(C)(C)C2)c1F. The van der Waals surface area contributed by atoms with Crippen LogP contribution in [0.1, 0.15) is 32.9 Å². The molecule has 0 aliphatic carbocycles. The normalized spacial score (nSPS) is 23.2. The molecule has 2 rings (SSSR count). The Morgan fingerprint density at radius 1 is 1.50 bits per heavy atom. The van der Waals surface area contributed by atoms with E-state index in [0.29, 0.717) is 17.9 Å². The van der Waals surface area contributed by atoms with Gasteiger partial charge < -0.3 is 10.6 Å². The van der Waals surface area contributed by atoms with Crippen molar-refractivity contribution in [3.05, 3.63) is 17.8 Å². The number of aromatic nitrogens is 2. The molecule has 1 atom stereocenters. The zero-order valence-electron chi connectivity index (χ0n) is 11.3. The minimum absolute atomic E-state index is 0.0258. The molecule has 1 unspecified atom stereocenters. The van der Waals surface area contributed by atoms with Gasteiger partial charge in [-0.2, -0.15) is 0 Å². The third-order valence-corrected chi connectivity index (χ3v) is 3.79. The van der Waals surface area contributed by atoms with Gasteiger partial charge in [-0.1, -0.05) is 20.8 Å². The lowest BCUT2D eigenvalue weighted by atomic mass is 9.80. The van der Waals surface area contributed by atoms with E-state index in [-0.39, 0.29) is 17.3 Å². The van der Waals surface area contributed by atoms with Crippen molar-refractivity contribution in [2.45, 2.75) is 39.7 Å². The van der Waals surface area contributed by atoms with Crippen LogP contribution in [0.2, 0.25) is 0 Å². The fourth-order valence-corrected chi connectivity index (χ4v) is 2.42. The molecule has 2 heterocycles. The van der Waals surface area contributed by atoms with Crippen LogP contribution in [0.3, 0.4) is 0 Å². The molecule has 18 heavy (non-hydrogen) atoms. The summed E-state index contributed by atoms with van der Waals surface area (Å²) in [7, 11) is 0. The smallest absolute Gasteiger partial charge is 0.187 e. The molecule has 5 heteroatoms. The average Bonchev–Trinajstić information content (AvgIpc) is 2.33. The summed E-state index contributed by atoms with van der Waals surface area (Å²) >= 11 is 0. The van der Waals surface area contributed by atoms with Crippen molar-refractivity contribution in [1.82, 2.24) is 9.97 Å². The van der Waals surface area contributed by atoms with Crippen LogP contribution in [0.15, 0.2) is 6.33 Å². The summed E-state index contributed by atoms with van der Waals surface area (Å²) in [4.78, 5) is 10.1. The number of hydrogen-bond acceptors (Lipinski definition) is 4. The van der Waals surface area contributed by atoms with Gasteiger partial charge in [-0.25, -0.2) is 14.4 Å². The van der Waals surface area contributed by atoms with Crippen LogP contribution in [0.25, 0.3) is 0 Å². The van der Waals surface area contributed by atoms with Crippen LogP contribution >= 0.6 is 0 Å². The van der Waals surface area contributed by atoms with E-state index in [0.717, 1.165) is 19.5 Å². The lowest BCUT2D eigenvalue weighted by molar-refractivity contribution is 0.243. The molecule has 0 saturated carbocycles. The fourth-order valence-electron chi connectivity index (χ4n) is 2.42. The van der Waals surface area contributed by atoms with Crippen LogP contribution in [0, 0.1) is 11.2 Å². The van der Waals surface area contributed by atoms with Crippen molar-refractivity contribution < 1.29 is 4.39 Å². The summed E-state index contributed by atoms with van der Waals surface area (Å²) in [6.45, 7) is 7.60. The lowest BCUT2D eigenvalue weighted by Gasteiger charge is -2.43. The van der Waals surface area contributed by atoms with Gasteiger partial charge in [0.2, 0.25) is 0 Å². The summed E-state index contributed by atoms with van der Waals surface area (Å²) in [5.74, 6) is 0.132. The molecule has 1 aliphatic rings. The van der Waals surface area contributed by atoms with Crippen molar-refractivity contribution in [3.8, 4) is 0 Å². The van der Waals surface area contributed by atoms with Crippen LogP contribution in [0.5, 0.6) is 0 Å². The predicted molar refractivity (Wildman–Crippen MR) is 70.0 cm³/mol. The van der Waals surface area contributed by atoms with Gasteiger partial charge in [-0.05, 0) is 18.3 Å². The highest BCUT2D eigenvalue weighted by molar-refractivity contribution is 5.42. The number of aryl methyl sites for hydroxylation is 1. The van der Waals surface area contributed by atoms with E-state index < -0.39 is 0 Å². The molecule has 1 aromatic heterocycles. The number of hydrogen-bond donors (Lipinski definition) is 1. The third-order valence-electron chi connectivity index (χ3n) is 3.79. The maximum Gasteiger partial charge on any atom is 0.187 e. The highest BCUT2D eigenvalue weighted by Crippen LogP contribution is 2.31. The van der Waals surface area contributed by atoms with E-state index in [4.69, 9.17) is 5.73 Å². The minimum atomic E-state index is -0.286. The van der Waals surface area contributed by atoms with E-state index in [1.807, 2.05) is 11.8 Å². The predicted octanol–water partition coefficient (Wildman–Crippen LogP) is 1.74. The highest BCUT2D eigenvalue weighted by Gasteiger charge is 2.35. The van der Waals surface area contributed by atoms with Crippen molar-refractivity contribution in [2.24, 2.45) is 11.1 Å². The summed E-state index contributed by atoms with van der Waals surface area (Å²) in [5, 5.41) is 0. The quantitative estimate of drug-likeness (QED) is 0.871. The van der Waals surface area contributed by atoms with Gasteiger partial charge in [0.05, 0.1) is 5.69 Å². The molecule has 4 nitrogen and oxygen atoms in total. The second-order valence-corrected chi connectivity index (χ2v) is 5.62. The maximum absolute atomic E-state index is 14.2. The largest absolute Gasteiger partial charge is 0.353 e. The van der Waals surface area contributed by atoms with Gasteiger partial charge in [0.1, 0.15) is 6.33 Å². The average molecular weight is 252 g/mol. The summed E-state index contributed by atoms with van der Waals surface area (Å²) in [6, 6.07) is 0.157. The van der Waals surface area contributed by atoms with E-state index in [1.165, 1.54) is 6.33 Å². The molecule has 0 amide bonds. The standard InChI is InChI=1S/C13H21FN4/c1-4-9-11(14)12(17-8-16-9)18-6-5-10(15)13(2,3)7-18/h8,10H,4-7,15H2,1-3H3. The Morgan fingerprint density at radius 2 is 2.22 bits per heavy atom. The Balaban J connectivity index is 2.28. The molecule has 2 N–H and O–H groups in total. The van der Waals surface area contributed by atoms with Gasteiger partial charge in [-0.3, -0.25) is 0 Å². The zero-order chi connectivity index (χ0) is 13.3. The maximum atomic E-state index is 14.2. The third kappa shape index (κ3) is 2.32. The van der Waals surface area contributed by atoms with Gasteiger partial charge in [-0.15, -0.1) is 0 Å². The van der Waals surface area contributed by atoms with Gasteiger partial charge in [0.25, 0.3) is 0 Å². The molecule has 1 aromatic rings. The number of nitrogens with two attached hydrogens (primary N) is 1. The fraction of sp³-hybridized carbons (Fsp3) is 0.692. The van der Waals surface area contributed by atoms with Gasteiger partial charge >= 0.3 is 0 Å². The molecular formula is C13H21FN4. The first-order chi connectivity index (χ1) is 8.45. The number of rotatable bonds is 2. The molecule has 0 spiro atoms. The van der Waals surface area contributed by atoms with Crippen molar-refractivity contribution >= 4 is 5.82 Å². The summed E-state index contributed by atoms with van der Waals surface area (Å²) < 4.78 is 14.2. The molecule has 1 aliphatic heterocycles. The van der Waals surface area contributed by atoms with Crippen LogP contribution < -0.4 is 10.6 Å². The van der Waals surface area contributed by atoms with E-state index in [1.54, 1.807) is 0 Å². The van der Waals surface area contributed by atoms with E-state index in [2.05, 4.69) is 23.8 Å². The number of halogens is 1. The molecule has 1 saturated heterocycles. The first-order valence-corrected chi connectivity index (χ1v) is 6.45. The first kappa shape index (κ1) is 13.2. The van der Waals surface area contributed by atoms with Crippen molar-refractivity contribution in [1.29, 1.82) is 0 Å². The first-order valence-electron chi connectivity index (χ1n) is 6.45. The van der Waals surface area contributed by atoms with E-state index >= 15 is 0 Å². The van der Waals surface area contributed by atoms with Crippen molar-refractivity contribution in [2.75, 3.05) is 18.0 Å². The number of piperidine rings is 1. The molecule has 1 fully saturated rings. The second kappa shape index (κ2) is 4.80. The summed E-state index contributed by atoms with van der Waals surface area (Å²) in [5.41, 5.74) is 6.55. The van der Waals surface area contributed by atoms with Gasteiger partial charge in [0.15, 0.2) is 11.6 Å². The van der Waals surface area contributed by atoms with E-state index in [9.17, 15) is 4.39 Å². The topological polar surface area (TPSA) is 55.0 Å². The van der Waals surface area contributed by atoms with Gasteiger partial charge in [0, 0.05) is 19.1 Å². The molecule has 0 bridgehead atoms. The Labute approximate surface area is 107 Å². The number of nitrogens with zero attached hydrogens (tertiary/aromatic N) is 3.